The van der Waals surface area contributed by atoms with Crippen molar-refractivity contribution in [3.8, 4) is 17.0 Å². The largest absolute Gasteiger partial charge is 0.489 e. The molecule has 0 saturated carbocycles. The molecule has 0 aliphatic carbocycles. The predicted molar refractivity (Wildman–Crippen MR) is 113 cm³/mol. The number of amides is 1. The van der Waals surface area contributed by atoms with E-state index in [1.807, 2.05) is 13.8 Å². The maximum atomic E-state index is 13.7. The third-order valence-electron chi connectivity index (χ3n) is 5.19. The number of pyridine rings is 1. The van der Waals surface area contributed by atoms with Crippen LogP contribution in [0.2, 0.25) is 0 Å². The van der Waals surface area contributed by atoms with Crippen LogP contribution in [0.25, 0.3) is 22.4 Å². The molecule has 30 heavy (non-hydrogen) atoms. The lowest BCUT2D eigenvalue weighted by Crippen LogP contribution is -2.38. The molecule has 0 N–H and O–H groups in total. The van der Waals surface area contributed by atoms with Gasteiger partial charge in [0.1, 0.15) is 18.2 Å². The normalized spacial score (nSPS) is 13.4. The first-order chi connectivity index (χ1) is 14.4. The first kappa shape index (κ1) is 18.7. The number of nitrogens with zero attached hydrogens (tertiary/aromatic N) is 3. The van der Waals surface area contributed by atoms with E-state index in [0.29, 0.717) is 46.0 Å². The molecule has 152 valence electrons. The van der Waals surface area contributed by atoms with E-state index in [1.54, 1.807) is 35.3 Å². The smallest absolute Gasteiger partial charge is 0.259 e. The van der Waals surface area contributed by atoms with E-state index in [0.717, 1.165) is 15.3 Å². The van der Waals surface area contributed by atoms with Gasteiger partial charge < -0.3 is 14.2 Å². The molecule has 0 spiro atoms. The lowest BCUT2D eigenvalue weighted by molar-refractivity contribution is 0.0978. The minimum Gasteiger partial charge on any atom is -0.489 e. The van der Waals surface area contributed by atoms with Gasteiger partial charge >= 0.3 is 0 Å². The van der Waals surface area contributed by atoms with Crippen LogP contribution < -0.4 is 9.64 Å². The molecule has 1 aromatic carbocycles. The summed E-state index contributed by atoms with van der Waals surface area (Å²) in [6.45, 7) is 6.49. The van der Waals surface area contributed by atoms with E-state index < -0.39 is 5.82 Å². The monoisotopic (exact) mass is 423 g/mol. The Morgan fingerprint density at radius 1 is 1.20 bits per heavy atom. The van der Waals surface area contributed by atoms with Crippen LogP contribution in [0.5, 0.6) is 5.75 Å². The third-order valence-corrected chi connectivity index (χ3v) is 6.16. The number of hydrogen-bond acceptors (Lipinski definition) is 6. The molecule has 4 aromatic rings. The number of benzene rings is 1. The van der Waals surface area contributed by atoms with Crippen LogP contribution in [0.1, 0.15) is 25.8 Å². The summed E-state index contributed by atoms with van der Waals surface area (Å²) in [5.74, 6) is -0.281. The van der Waals surface area contributed by atoms with Crippen LogP contribution in [0.4, 0.5) is 10.1 Å². The van der Waals surface area contributed by atoms with Crippen molar-refractivity contribution >= 4 is 34.0 Å². The van der Waals surface area contributed by atoms with Gasteiger partial charge in [-0.25, -0.2) is 9.37 Å². The molecule has 0 fully saturated rings. The molecule has 5 rings (SSSR count). The Labute approximate surface area is 175 Å². The molecule has 1 aliphatic heterocycles. The summed E-state index contributed by atoms with van der Waals surface area (Å²) in [6, 6.07) is 8.03. The zero-order valence-corrected chi connectivity index (χ0v) is 17.5. The lowest BCUT2D eigenvalue weighted by Gasteiger charge is -2.29. The number of hydrogen-bond donors (Lipinski definition) is 0. The zero-order valence-electron chi connectivity index (χ0n) is 16.7. The van der Waals surface area contributed by atoms with Crippen molar-refractivity contribution in [1.82, 2.24) is 10.1 Å². The average molecular weight is 423 g/mol. The fraction of sp³-hybridized carbons (Fsp3) is 0.227. The molecule has 1 aliphatic rings. The summed E-state index contributed by atoms with van der Waals surface area (Å²) in [7, 11) is 0. The number of aromatic nitrogens is 2. The van der Waals surface area contributed by atoms with E-state index in [1.165, 1.54) is 12.1 Å². The average Bonchev–Trinajstić information content (AvgIpc) is 3.27. The molecule has 0 atom stereocenters. The number of halogens is 1. The summed E-state index contributed by atoms with van der Waals surface area (Å²) in [4.78, 5) is 22.2. The van der Waals surface area contributed by atoms with Gasteiger partial charge in [0, 0.05) is 21.4 Å². The molecular weight excluding hydrogens is 405 g/mol. The van der Waals surface area contributed by atoms with Gasteiger partial charge in [0.25, 0.3) is 11.6 Å². The number of carbonyl (C=O) groups excluding carboxylic acids is 1. The molecule has 0 radical (unpaired) electrons. The van der Waals surface area contributed by atoms with Crippen LogP contribution in [-0.2, 0) is 0 Å². The molecule has 6 nitrogen and oxygen atoms in total. The molecule has 1 amide bonds. The number of anilines is 1. The highest BCUT2D eigenvalue weighted by atomic mass is 32.1. The summed E-state index contributed by atoms with van der Waals surface area (Å²) < 4.78 is 24.6. The Kier molecular flexibility index (Phi) is 4.32. The van der Waals surface area contributed by atoms with Crippen molar-refractivity contribution in [1.29, 1.82) is 0 Å². The zero-order chi connectivity index (χ0) is 21.0. The second kappa shape index (κ2) is 6.91. The van der Waals surface area contributed by atoms with Gasteiger partial charge in [0.15, 0.2) is 0 Å². The molecule has 0 unspecified atom stereocenters. The SMILES string of the molecule is Cc1cc(-c2cc(C(=O)N3CCOc4cc(F)ccc43)c3c(C)noc3n2)c(C)s1. The van der Waals surface area contributed by atoms with Gasteiger partial charge in [-0.05, 0) is 45.0 Å². The number of thiophene rings is 1. The minimum atomic E-state index is -0.408. The number of ether oxygens (including phenoxy) is 1. The highest BCUT2D eigenvalue weighted by Crippen LogP contribution is 2.36. The molecule has 0 saturated heterocycles. The van der Waals surface area contributed by atoms with E-state index in [4.69, 9.17) is 9.26 Å². The Morgan fingerprint density at radius 2 is 2.03 bits per heavy atom. The fourth-order valence-electron chi connectivity index (χ4n) is 3.84. The first-order valence-corrected chi connectivity index (χ1v) is 10.3. The highest BCUT2D eigenvalue weighted by molar-refractivity contribution is 7.12. The topological polar surface area (TPSA) is 68.5 Å². The van der Waals surface area contributed by atoms with Gasteiger partial charge in [-0.15, -0.1) is 11.3 Å². The van der Waals surface area contributed by atoms with Gasteiger partial charge in [0.2, 0.25) is 0 Å². The Bertz CT molecular complexity index is 1310. The van der Waals surface area contributed by atoms with Crippen molar-refractivity contribution in [2.24, 2.45) is 0 Å². The Hall–Kier alpha value is -3.26. The molecule has 8 heteroatoms. The number of rotatable bonds is 2. The van der Waals surface area contributed by atoms with E-state index in [2.05, 4.69) is 16.2 Å². The standard InChI is InChI=1S/C22H18FN3O3S/c1-11-8-15(13(3)30-11)17-10-16(20-12(2)25-29-21(20)24-17)22(27)26-6-7-28-19-9-14(23)4-5-18(19)26/h4-5,8-10H,6-7H2,1-3H3. The van der Waals surface area contributed by atoms with Crippen molar-refractivity contribution in [3.05, 3.63) is 57.2 Å². The Balaban J connectivity index is 1.68. The van der Waals surface area contributed by atoms with Gasteiger partial charge in [-0.1, -0.05) is 5.16 Å². The van der Waals surface area contributed by atoms with Gasteiger partial charge in [-0.2, -0.15) is 0 Å². The second-order valence-corrected chi connectivity index (χ2v) is 8.71. The van der Waals surface area contributed by atoms with Crippen molar-refractivity contribution in [2.75, 3.05) is 18.1 Å². The van der Waals surface area contributed by atoms with Gasteiger partial charge in [-0.3, -0.25) is 4.79 Å². The second-order valence-electron chi connectivity index (χ2n) is 7.25. The van der Waals surface area contributed by atoms with Gasteiger partial charge in [0.05, 0.1) is 34.6 Å². The molecular formula is C22H18FN3O3S. The van der Waals surface area contributed by atoms with Crippen molar-refractivity contribution in [2.45, 2.75) is 20.8 Å². The maximum absolute atomic E-state index is 13.7. The maximum Gasteiger partial charge on any atom is 0.259 e. The summed E-state index contributed by atoms with van der Waals surface area (Å²) in [6.07, 6.45) is 0. The number of fused-ring (bicyclic) bond motifs is 2. The first-order valence-electron chi connectivity index (χ1n) is 9.51. The third kappa shape index (κ3) is 2.95. The van der Waals surface area contributed by atoms with Crippen LogP contribution in [0.15, 0.2) is 34.9 Å². The van der Waals surface area contributed by atoms with Crippen molar-refractivity contribution in [3.63, 3.8) is 0 Å². The van der Waals surface area contributed by atoms with Crippen LogP contribution in [-0.4, -0.2) is 29.2 Å². The Morgan fingerprint density at radius 3 is 2.80 bits per heavy atom. The molecule has 3 aromatic heterocycles. The lowest BCUT2D eigenvalue weighted by atomic mass is 10.0. The van der Waals surface area contributed by atoms with E-state index in [-0.39, 0.29) is 12.5 Å². The summed E-state index contributed by atoms with van der Waals surface area (Å²) in [5, 5.41) is 4.61. The minimum absolute atomic E-state index is 0.226. The highest BCUT2D eigenvalue weighted by Gasteiger charge is 2.29. The summed E-state index contributed by atoms with van der Waals surface area (Å²) in [5.41, 5.74) is 3.54. The van der Waals surface area contributed by atoms with E-state index >= 15 is 0 Å². The number of aryl methyl sites for hydroxylation is 3. The van der Waals surface area contributed by atoms with Crippen LogP contribution >= 0.6 is 11.3 Å². The van der Waals surface area contributed by atoms with E-state index in [9.17, 15) is 9.18 Å². The predicted octanol–water partition coefficient (Wildman–Crippen LogP) is 5.05. The van der Waals surface area contributed by atoms with Crippen LogP contribution in [0.3, 0.4) is 0 Å². The molecule has 0 bridgehead atoms. The fourth-order valence-corrected chi connectivity index (χ4v) is 4.77. The number of carbonyl (C=O) groups is 1. The van der Waals surface area contributed by atoms with Crippen molar-refractivity contribution < 1.29 is 18.4 Å². The quantitative estimate of drug-likeness (QED) is 0.451. The molecule has 4 heterocycles. The van der Waals surface area contributed by atoms with Crippen LogP contribution in [0, 0.1) is 26.6 Å². The summed E-state index contributed by atoms with van der Waals surface area (Å²) >= 11 is 1.68.